The van der Waals surface area contributed by atoms with E-state index in [9.17, 15) is 8.42 Å². The Kier molecular flexibility index (Phi) is 17.5. The summed E-state index contributed by atoms with van der Waals surface area (Å²) in [6.07, 6.45) is 4.31. The van der Waals surface area contributed by atoms with Crippen molar-refractivity contribution in [1.29, 1.82) is 0 Å². The molecule has 0 saturated carbocycles. The summed E-state index contributed by atoms with van der Waals surface area (Å²) >= 11 is 1.84. The molecule has 0 radical (unpaired) electrons. The van der Waals surface area contributed by atoms with Gasteiger partial charge in [-0.25, -0.2) is 12.7 Å². The van der Waals surface area contributed by atoms with Crippen LogP contribution in [0, 0.1) is 0 Å². The molecule has 0 unspecified atom stereocenters. The van der Waals surface area contributed by atoms with E-state index in [4.69, 9.17) is 0 Å². The van der Waals surface area contributed by atoms with Crippen LogP contribution < -0.4 is 10.6 Å². The predicted octanol–water partition coefficient (Wildman–Crippen LogP) is 1.97. The molecule has 0 rings (SSSR count). The summed E-state index contributed by atoms with van der Waals surface area (Å²) in [5.74, 6) is 1.94. The quantitative estimate of drug-likeness (QED) is 0.193. The van der Waals surface area contributed by atoms with Gasteiger partial charge in [-0.05, 0) is 31.8 Å². The summed E-state index contributed by atoms with van der Waals surface area (Å²) in [5.41, 5.74) is 0. The summed E-state index contributed by atoms with van der Waals surface area (Å²) in [4.78, 5) is 4.47. The van der Waals surface area contributed by atoms with Crippen LogP contribution in [-0.4, -0.2) is 69.2 Å². The molecule has 0 fully saturated rings. The largest absolute Gasteiger partial charge is 0.357 e. The smallest absolute Gasteiger partial charge is 0.215 e. The van der Waals surface area contributed by atoms with E-state index in [1.54, 1.807) is 0 Å². The SMILES string of the molecule is CCNC(=NCCCCSC)NCCS(=O)(=O)N(CC)CC.I. The number of hydrogen-bond donors (Lipinski definition) is 2. The first kappa shape index (κ1) is 25.5. The van der Waals surface area contributed by atoms with Gasteiger partial charge in [-0.2, -0.15) is 11.8 Å². The van der Waals surface area contributed by atoms with Crippen LogP contribution in [0.2, 0.25) is 0 Å². The highest BCUT2D eigenvalue weighted by molar-refractivity contribution is 14.0. The van der Waals surface area contributed by atoms with Crippen molar-refractivity contribution in [3.8, 4) is 0 Å². The fourth-order valence-corrected chi connectivity index (χ4v) is 3.83. The van der Waals surface area contributed by atoms with Gasteiger partial charge in [0.1, 0.15) is 0 Å². The van der Waals surface area contributed by atoms with Gasteiger partial charge in [0.2, 0.25) is 10.0 Å². The lowest BCUT2D eigenvalue weighted by Crippen LogP contribution is -2.42. The van der Waals surface area contributed by atoms with Gasteiger partial charge < -0.3 is 10.6 Å². The molecule has 0 saturated heterocycles. The molecule has 0 amide bonds. The molecule has 6 nitrogen and oxygen atoms in total. The standard InChI is InChI=1S/C14H32N4O2S2.HI/c1-5-15-14(16-10-8-9-12-21-4)17-11-13-22(19,20)18(6-2)7-3;/h5-13H2,1-4H3,(H2,15,16,17);1H. The third-order valence-corrected chi connectivity index (χ3v) is 5.84. The number of rotatable bonds is 12. The maximum absolute atomic E-state index is 12.1. The molecule has 9 heteroatoms. The van der Waals surface area contributed by atoms with Crippen molar-refractivity contribution in [2.75, 3.05) is 50.5 Å². The fraction of sp³-hybridized carbons (Fsp3) is 0.929. The minimum absolute atomic E-state index is 0. The van der Waals surface area contributed by atoms with Crippen LogP contribution in [0.5, 0.6) is 0 Å². The average molecular weight is 480 g/mol. The second-order valence-electron chi connectivity index (χ2n) is 4.79. The average Bonchev–Trinajstić information content (AvgIpc) is 2.47. The number of aliphatic imine (C=N–C) groups is 1. The van der Waals surface area contributed by atoms with Crippen molar-refractivity contribution in [1.82, 2.24) is 14.9 Å². The molecule has 140 valence electrons. The second-order valence-corrected chi connectivity index (χ2v) is 7.86. The van der Waals surface area contributed by atoms with E-state index in [0.29, 0.717) is 25.6 Å². The summed E-state index contributed by atoms with van der Waals surface area (Å²) in [5, 5.41) is 6.24. The van der Waals surface area contributed by atoms with Crippen LogP contribution in [0.4, 0.5) is 0 Å². The fourth-order valence-electron chi connectivity index (χ4n) is 1.94. The van der Waals surface area contributed by atoms with Crippen molar-refractivity contribution < 1.29 is 8.42 Å². The first-order valence-corrected chi connectivity index (χ1v) is 11.0. The Bertz CT molecular complexity index is 402. The Balaban J connectivity index is 0. The Morgan fingerprint density at radius 2 is 1.78 bits per heavy atom. The Labute approximate surface area is 163 Å². The van der Waals surface area contributed by atoms with Gasteiger partial charge >= 0.3 is 0 Å². The van der Waals surface area contributed by atoms with Crippen LogP contribution >= 0.6 is 35.7 Å². The summed E-state index contributed by atoms with van der Waals surface area (Å²) < 4.78 is 25.7. The van der Waals surface area contributed by atoms with E-state index in [2.05, 4.69) is 21.9 Å². The third-order valence-electron chi connectivity index (χ3n) is 3.12. The van der Waals surface area contributed by atoms with Crippen molar-refractivity contribution in [3.05, 3.63) is 0 Å². The number of thioether (sulfide) groups is 1. The first-order valence-electron chi connectivity index (χ1n) is 8.00. The molecule has 0 aliphatic carbocycles. The van der Waals surface area contributed by atoms with Crippen LogP contribution in [0.15, 0.2) is 4.99 Å². The molecule has 0 bridgehead atoms. The van der Waals surface area contributed by atoms with Crippen LogP contribution in [-0.2, 0) is 10.0 Å². The minimum Gasteiger partial charge on any atom is -0.357 e. The minimum atomic E-state index is -3.18. The molecule has 0 aliphatic heterocycles. The number of unbranched alkanes of at least 4 members (excludes halogenated alkanes) is 1. The van der Waals surface area contributed by atoms with Gasteiger partial charge in [0.05, 0.1) is 5.75 Å². The van der Waals surface area contributed by atoms with Gasteiger partial charge in [0.15, 0.2) is 5.96 Å². The van der Waals surface area contributed by atoms with E-state index in [0.717, 1.165) is 31.7 Å². The lowest BCUT2D eigenvalue weighted by Gasteiger charge is -2.19. The lowest BCUT2D eigenvalue weighted by molar-refractivity contribution is 0.445. The Hall–Kier alpha value is 0.260. The summed E-state index contributed by atoms with van der Waals surface area (Å²) in [6.45, 7) is 8.64. The maximum Gasteiger partial charge on any atom is 0.215 e. The molecule has 0 aromatic carbocycles. The van der Waals surface area contributed by atoms with Crippen molar-refractivity contribution in [3.63, 3.8) is 0 Å². The van der Waals surface area contributed by atoms with E-state index in [-0.39, 0.29) is 29.7 Å². The highest BCUT2D eigenvalue weighted by Crippen LogP contribution is 2.00. The zero-order valence-electron chi connectivity index (χ0n) is 14.8. The number of sulfonamides is 1. The molecule has 0 spiro atoms. The van der Waals surface area contributed by atoms with E-state index >= 15 is 0 Å². The summed E-state index contributed by atoms with van der Waals surface area (Å²) in [7, 11) is -3.18. The second kappa shape index (κ2) is 15.8. The summed E-state index contributed by atoms with van der Waals surface area (Å²) in [6, 6.07) is 0. The topological polar surface area (TPSA) is 73.8 Å². The molecule has 23 heavy (non-hydrogen) atoms. The van der Waals surface area contributed by atoms with E-state index < -0.39 is 10.0 Å². The Morgan fingerprint density at radius 3 is 2.30 bits per heavy atom. The molecule has 0 aromatic rings. The normalized spacial score (nSPS) is 12.1. The number of guanidine groups is 1. The Morgan fingerprint density at radius 1 is 1.13 bits per heavy atom. The molecular weight excluding hydrogens is 447 g/mol. The van der Waals surface area contributed by atoms with Gasteiger partial charge in [-0.15, -0.1) is 24.0 Å². The third kappa shape index (κ3) is 12.3. The van der Waals surface area contributed by atoms with Crippen LogP contribution in [0.25, 0.3) is 0 Å². The van der Waals surface area contributed by atoms with Crippen molar-refractivity contribution >= 4 is 51.7 Å². The molecular formula is C14H33IN4O2S2. The predicted molar refractivity (Wildman–Crippen MR) is 114 cm³/mol. The van der Waals surface area contributed by atoms with Gasteiger partial charge in [0.25, 0.3) is 0 Å². The van der Waals surface area contributed by atoms with Crippen LogP contribution in [0.1, 0.15) is 33.6 Å². The zero-order chi connectivity index (χ0) is 16.8. The van der Waals surface area contributed by atoms with Gasteiger partial charge in [-0.3, -0.25) is 4.99 Å². The van der Waals surface area contributed by atoms with Crippen molar-refractivity contribution in [2.24, 2.45) is 4.99 Å². The van der Waals surface area contributed by atoms with E-state index in [1.165, 1.54) is 4.31 Å². The van der Waals surface area contributed by atoms with Gasteiger partial charge in [-0.1, -0.05) is 13.8 Å². The monoisotopic (exact) mass is 480 g/mol. The highest BCUT2D eigenvalue weighted by atomic mass is 127. The molecule has 0 aromatic heterocycles. The molecule has 0 atom stereocenters. The van der Waals surface area contributed by atoms with Crippen LogP contribution in [0.3, 0.4) is 0 Å². The number of hydrogen-bond acceptors (Lipinski definition) is 4. The zero-order valence-corrected chi connectivity index (χ0v) is 18.8. The lowest BCUT2D eigenvalue weighted by atomic mass is 10.3. The molecule has 0 aliphatic rings. The van der Waals surface area contributed by atoms with E-state index in [1.807, 2.05) is 32.5 Å². The maximum atomic E-state index is 12.1. The highest BCUT2D eigenvalue weighted by Gasteiger charge is 2.18. The van der Waals surface area contributed by atoms with Crippen molar-refractivity contribution in [2.45, 2.75) is 33.6 Å². The van der Waals surface area contributed by atoms with Gasteiger partial charge in [0, 0.05) is 32.7 Å². The number of halogens is 1. The first-order chi connectivity index (χ1) is 10.5. The molecule has 2 N–H and O–H groups in total. The number of nitrogens with zero attached hydrogens (tertiary/aromatic N) is 2. The molecule has 0 heterocycles. The number of nitrogens with one attached hydrogen (secondary N) is 2.